The quantitative estimate of drug-likeness (QED) is 0.433. The first-order valence-corrected chi connectivity index (χ1v) is 10.3. The molecule has 150 valence electrons. The Hall–Kier alpha value is -3.18. The molecule has 2 heterocycles. The third-order valence-corrected chi connectivity index (χ3v) is 5.80. The van der Waals surface area contributed by atoms with Gasteiger partial charge in [0.25, 0.3) is 0 Å². The van der Waals surface area contributed by atoms with E-state index in [1.807, 2.05) is 36.4 Å². The monoisotopic (exact) mass is 419 g/mol. The number of nitrogens with zero attached hydrogens (tertiary/aromatic N) is 3. The maximum absolute atomic E-state index is 13.4. The summed E-state index contributed by atoms with van der Waals surface area (Å²) in [5.41, 5.74) is 2.34. The first-order valence-electron chi connectivity index (χ1n) is 9.88. The number of halogens is 2. The van der Waals surface area contributed by atoms with Gasteiger partial charge in [0.2, 0.25) is 0 Å². The minimum absolute atomic E-state index is 0.0941. The molecule has 1 atom stereocenters. The number of benzene rings is 3. The molecule has 1 fully saturated rings. The molecule has 30 heavy (non-hydrogen) atoms. The molecule has 0 aliphatic carbocycles. The summed E-state index contributed by atoms with van der Waals surface area (Å²) in [5, 5.41) is 11.8. The van der Waals surface area contributed by atoms with Crippen LogP contribution in [0.3, 0.4) is 0 Å². The average molecular weight is 420 g/mol. The van der Waals surface area contributed by atoms with Crippen molar-refractivity contribution >= 4 is 28.3 Å². The van der Waals surface area contributed by atoms with Gasteiger partial charge in [-0.3, -0.25) is 0 Å². The van der Waals surface area contributed by atoms with Crippen LogP contribution in [-0.4, -0.2) is 21.6 Å². The Balaban J connectivity index is 1.69. The number of phenolic OH excluding ortho intramolecular Hbond substituents is 1. The topological polar surface area (TPSA) is 49.3 Å². The number of rotatable bonds is 3. The van der Waals surface area contributed by atoms with E-state index in [9.17, 15) is 9.50 Å². The van der Waals surface area contributed by atoms with Gasteiger partial charge in [-0.15, -0.1) is 0 Å². The lowest BCUT2D eigenvalue weighted by atomic mass is 10.0. The summed E-state index contributed by atoms with van der Waals surface area (Å²) in [4.78, 5) is 11.8. The van der Waals surface area contributed by atoms with Crippen LogP contribution in [0.25, 0.3) is 22.3 Å². The number of aromatic nitrogens is 2. The van der Waals surface area contributed by atoms with Crippen molar-refractivity contribution in [3.63, 3.8) is 0 Å². The van der Waals surface area contributed by atoms with Gasteiger partial charge in [-0.25, -0.2) is 14.4 Å². The van der Waals surface area contributed by atoms with Gasteiger partial charge in [0.05, 0.1) is 17.1 Å². The highest BCUT2D eigenvalue weighted by Gasteiger charge is 2.29. The summed E-state index contributed by atoms with van der Waals surface area (Å²) < 4.78 is 13.4. The van der Waals surface area contributed by atoms with Crippen LogP contribution in [0.2, 0.25) is 5.02 Å². The summed E-state index contributed by atoms with van der Waals surface area (Å²) in [5.74, 6) is 1.12. The molecule has 0 radical (unpaired) electrons. The second kappa shape index (κ2) is 7.58. The Bertz CT molecular complexity index is 1230. The highest BCUT2D eigenvalue weighted by molar-refractivity contribution is 6.31. The lowest BCUT2D eigenvalue weighted by Gasteiger charge is -2.27. The second-order valence-electron chi connectivity index (χ2n) is 7.45. The zero-order chi connectivity index (χ0) is 20.7. The van der Waals surface area contributed by atoms with Crippen molar-refractivity contribution < 1.29 is 9.50 Å². The SMILES string of the molecule is Oc1ccccc1-c1nc(N2CCCC2c2ccc(F)cc2)c2ccc(Cl)cc2n1. The molecule has 6 heteroatoms. The summed E-state index contributed by atoms with van der Waals surface area (Å²) in [6.07, 6.45) is 1.96. The van der Waals surface area contributed by atoms with Crippen molar-refractivity contribution in [2.45, 2.75) is 18.9 Å². The first-order chi connectivity index (χ1) is 14.6. The Morgan fingerprint density at radius 3 is 2.60 bits per heavy atom. The normalized spacial score (nSPS) is 16.3. The smallest absolute Gasteiger partial charge is 0.165 e. The lowest BCUT2D eigenvalue weighted by molar-refractivity contribution is 0.477. The Labute approximate surface area is 178 Å². The molecule has 4 aromatic rings. The van der Waals surface area contributed by atoms with E-state index in [4.69, 9.17) is 16.6 Å². The average Bonchev–Trinajstić information content (AvgIpc) is 3.23. The first kappa shape index (κ1) is 18.8. The molecule has 1 N–H and O–H groups in total. The second-order valence-corrected chi connectivity index (χ2v) is 7.89. The number of hydrogen-bond donors (Lipinski definition) is 1. The summed E-state index contributed by atoms with van der Waals surface area (Å²) >= 11 is 6.24. The van der Waals surface area contributed by atoms with Gasteiger partial charge in [-0.05, 0) is 60.9 Å². The van der Waals surface area contributed by atoms with Crippen molar-refractivity contribution in [2.24, 2.45) is 0 Å². The van der Waals surface area contributed by atoms with Crippen LogP contribution in [0.15, 0.2) is 66.7 Å². The standard InChI is InChI=1S/C24H19ClFN3O/c25-16-9-12-18-20(14-16)27-23(19-4-1-2-6-22(19)30)28-24(18)29-13-3-5-21(29)15-7-10-17(26)11-8-15/h1-2,4,6-12,14,21,30H,3,5,13H2. The van der Waals surface area contributed by atoms with Crippen molar-refractivity contribution in [3.05, 3.63) is 83.1 Å². The van der Waals surface area contributed by atoms with Crippen LogP contribution in [-0.2, 0) is 0 Å². The molecule has 1 aromatic heterocycles. The van der Waals surface area contributed by atoms with E-state index in [2.05, 4.69) is 9.88 Å². The number of hydrogen-bond acceptors (Lipinski definition) is 4. The van der Waals surface area contributed by atoms with Gasteiger partial charge in [0, 0.05) is 17.0 Å². The highest BCUT2D eigenvalue weighted by atomic mass is 35.5. The summed E-state index contributed by atoms with van der Waals surface area (Å²) in [7, 11) is 0. The molecule has 1 aliphatic heterocycles. The molecule has 0 bridgehead atoms. The van der Waals surface area contributed by atoms with Crippen LogP contribution in [0.1, 0.15) is 24.4 Å². The zero-order valence-corrected chi connectivity index (χ0v) is 16.9. The molecule has 3 aromatic carbocycles. The molecular weight excluding hydrogens is 401 g/mol. The van der Waals surface area contributed by atoms with Crippen LogP contribution >= 0.6 is 11.6 Å². The predicted molar refractivity (Wildman–Crippen MR) is 117 cm³/mol. The number of fused-ring (bicyclic) bond motifs is 1. The molecule has 4 nitrogen and oxygen atoms in total. The highest BCUT2D eigenvalue weighted by Crippen LogP contribution is 2.40. The Morgan fingerprint density at radius 1 is 1.00 bits per heavy atom. The number of anilines is 1. The largest absolute Gasteiger partial charge is 0.507 e. The molecule has 0 amide bonds. The molecule has 5 rings (SSSR count). The summed E-state index contributed by atoms with van der Waals surface area (Å²) in [6, 6.07) is 19.4. The molecule has 0 saturated carbocycles. The number of para-hydroxylation sites is 1. The minimum Gasteiger partial charge on any atom is -0.507 e. The maximum atomic E-state index is 13.4. The lowest BCUT2D eigenvalue weighted by Crippen LogP contribution is -2.24. The Morgan fingerprint density at radius 2 is 1.80 bits per heavy atom. The molecule has 1 unspecified atom stereocenters. The third kappa shape index (κ3) is 3.35. The Kier molecular flexibility index (Phi) is 4.75. The van der Waals surface area contributed by atoms with Crippen LogP contribution in [0.5, 0.6) is 5.75 Å². The van der Waals surface area contributed by atoms with Crippen molar-refractivity contribution in [1.29, 1.82) is 0 Å². The minimum atomic E-state index is -0.243. The molecule has 0 spiro atoms. The predicted octanol–water partition coefficient (Wildman–Crippen LogP) is 6.14. The zero-order valence-electron chi connectivity index (χ0n) is 16.1. The van der Waals surface area contributed by atoms with Crippen molar-refractivity contribution in [1.82, 2.24) is 9.97 Å². The summed E-state index contributed by atoms with van der Waals surface area (Å²) in [6.45, 7) is 0.830. The van der Waals surface area contributed by atoms with Gasteiger partial charge in [-0.2, -0.15) is 0 Å². The van der Waals surface area contributed by atoms with Gasteiger partial charge in [-0.1, -0.05) is 35.9 Å². The molecule has 1 aliphatic rings. The molecule has 1 saturated heterocycles. The van der Waals surface area contributed by atoms with Crippen LogP contribution < -0.4 is 4.90 Å². The van der Waals surface area contributed by atoms with Gasteiger partial charge in [0.15, 0.2) is 5.82 Å². The van der Waals surface area contributed by atoms with Gasteiger partial charge >= 0.3 is 0 Å². The van der Waals surface area contributed by atoms with Crippen LogP contribution in [0.4, 0.5) is 10.2 Å². The van der Waals surface area contributed by atoms with E-state index < -0.39 is 0 Å². The van der Waals surface area contributed by atoms with E-state index in [1.54, 1.807) is 18.2 Å². The number of aromatic hydroxyl groups is 1. The fourth-order valence-electron chi connectivity index (χ4n) is 4.14. The van der Waals surface area contributed by atoms with E-state index in [0.717, 1.165) is 41.7 Å². The van der Waals surface area contributed by atoms with E-state index in [0.29, 0.717) is 16.4 Å². The third-order valence-electron chi connectivity index (χ3n) is 5.56. The van der Waals surface area contributed by atoms with E-state index in [1.165, 1.54) is 12.1 Å². The maximum Gasteiger partial charge on any atom is 0.165 e. The van der Waals surface area contributed by atoms with Crippen molar-refractivity contribution in [2.75, 3.05) is 11.4 Å². The fraction of sp³-hybridized carbons (Fsp3) is 0.167. The van der Waals surface area contributed by atoms with E-state index >= 15 is 0 Å². The van der Waals surface area contributed by atoms with Crippen molar-refractivity contribution in [3.8, 4) is 17.1 Å². The van der Waals surface area contributed by atoms with Gasteiger partial charge < -0.3 is 10.0 Å². The van der Waals surface area contributed by atoms with Gasteiger partial charge in [0.1, 0.15) is 17.4 Å². The van der Waals surface area contributed by atoms with E-state index in [-0.39, 0.29) is 17.6 Å². The number of phenols is 1. The van der Waals surface area contributed by atoms with Crippen LogP contribution in [0, 0.1) is 5.82 Å². The molecular formula is C24H19ClFN3O. The fourth-order valence-corrected chi connectivity index (χ4v) is 4.31.